The number of halogens is 2. The maximum atomic E-state index is 12.6. The van der Waals surface area contributed by atoms with Gasteiger partial charge < -0.3 is 10.1 Å². The standard InChI is InChI=1S/C22H20Cl2N2O4S/c1-15(16-5-3-2-4-6-16)26-31(28,29)19-10-8-18(9-11-19)30-14-22(27)25-21-13-17(23)7-12-20(21)24/h2-13,15,26H,14H2,1H3,(H,25,27)/t15-/m0/s1. The number of hydrogen-bond acceptors (Lipinski definition) is 4. The fourth-order valence-corrected chi connectivity index (χ4v) is 4.32. The second-order valence-electron chi connectivity index (χ2n) is 6.69. The third-order valence-corrected chi connectivity index (χ3v) is 6.46. The Morgan fingerprint density at radius 3 is 2.35 bits per heavy atom. The molecule has 1 atom stereocenters. The van der Waals surface area contributed by atoms with Gasteiger partial charge in [0.05, 0.1) is 15.6 Å². The summed E-state index contributed by atoms with van der Waals surface area (Å²) in [5, 5.41) is 3.40. The molecule has 0 heterocycles. The molecule has 1 amide bonds. The number of benzene rings is 3. The lowest BCUT2D eigenvalue weighted by atomic mass is 10.1. The molecular formula is C22H20Cl2N2O4S. The van der Waals surface area contributed by atoms with Gasteiger partial charge in [-0.3, -0.25) is 4.79 Å². The van der Waals surface area contributed by atoms with Gasteiger partial charge in [0, 0.05) is 11.1 Å². The van der Waals surface area contributed by atoms with Crippen LogP contribution in [0.2, 0.25) is 10.0 Å². The summed E-state index contributed by atoms with van der Waals surface area (Å²) < 4.78 is 33.3. The van der Waals surface area contributed by atoms with Crippen molar-refractivity contribution in [2.45, 2.75) is 17.9 Å². The Bertz CT molecular complexity index is 1150. The molecule has 3 aromatic carbocycles. The molecule has 9 heteroatoms. The first-order valence-electron chi connectivity index (χ1n) is 9.29. The smallest absolute Gasteiger partial charge is 0.262 e. The molecule has 0 saturated heterocycles. The number of anilines is 1. The normalized spacial score (nSPS) is 12.2. The summed E-state index contributed by atoms with van der Waals surface area (Å²) in [4.78, 5) is 12.2. The SMILES string of the molecule is C[C@H](NS(=O)(=O)c1ccc(OCC(=O)Nc2cc(Cl)ccc2Cl)cc1)c1ccccc1. The molecule has 0 saturated carbocycles. The lowest BCUT2D eigenvalue weighted by Gasteiger charge is -2.15. The van der Waals surface area contributed by atoms with Crippen LogP contribution in [0.1, 0.15) is 18.5 Å². The number of rotatable bonds is 8. The quantitative estimate of drug-likeness (QED) is 0.474. The van der Waals surface area contributed by atoms with E-state index in [4.69, 9.17) is 27.9 Å². The first kappa shape index (κ1) is 23.1. The Kier molecular flexibility index (Phi) is 7.56. The highest BCUT2D eigenvalue weighted by molar-refractivity contribution is 7.89. The maximum absolute atomic E-state index is 12.6. The van der Waals surface area contributed by atoms with E-state index in [0.717, 1.165) is 5.56 Å². The largest absolute Gasteiger partial charge is 0.484 e. The van der Waals surface area contributed by atoms with Gasteiger partial charge >= 0.3 is 0 Å². The van der Waals surface area contributed by atoms with Crippen molar-refractivity contribution in [2.24, 2.45) is 0 Å². The van der Waals surface area contributed by atoms with Gasteiger partial charge in [-0.25, -0.2) is 13.1 Å². The molecule has 0 fully saturated rings. The molecule has 0 bridgehead atoms. The topological polar surface area (TPSA) is 84.5 Å². The van der Waals surface area contributed by atoms with E-state index in [0.29, 0.717) is 21.5 Å². The highest BCUT2D eigenvalue weighted by atomic mass is 35.5. The lowest BCUT2D eigenvalue weighted by molar-refractivity contribution is -0.118. The highest BCUT2D eigenvalue weighted by Gasteiger charge is 2.18. The van der Waals surface area contributed by atoms with E-state index in [1.165, 1.54) is 30.3 Å². The van der Waals surface area contributed by atoms with Crippen molar-refractivity contribution >= 4 is 44.8 Å². The van der Waals surface area contributed by atoms with E-state index in [1.807, 2.05) is 30.3 Å². The van der Waals surface area contributed by atoms with Crippen molar-refractivity contribution in [1.29, 1.82) is 0 Å². The van der Waals surface area contributed by atoms with Crippen LogP contribution in [0.25, 0.3) is 0 Å². The first-order chi connectivity index (χ1) is 14.7. The molecule has 0 radical (unpaired) electrons. The molecule has 0 aliphatic heterocycles. The third kappa shape index (κ3) is 6.45. The van der Waals surface area contributed by atoms with Crippen LogP contribution in [-0.4, -0.2) is 20.9 Å². The third-order valence-electron chi connectivity index (χ3n) is 4.34. The van der Waals surface area contributed by atoms with E-state index in [-0.39, 0.29) is 17.5 Å². The maximum Gasteiger partial charge on any atom is 0.262 e. The van der Waals surface area contributed by atoms with Crippen LogP contribution >= 0.6 is 23.2 Å². The molecular weight excluding hydrogens is 459 g/mol. The zero-order valence-electron chi connectivity index (χ0n) is 16.5. The predicted molar refractivity (Wildman–Crippen MR) is 122 cm³/mol. The van der Waals surface area contributed by atoms with Gasteiger partial charge in [-0.05, 0) is 55.0 Å². The second kappa shape index (κ2) is 10.2. The minimum absolute atomic E-state index is 0.0952. The minimum atomic E-state index is -3.72. The first-order valence-corrected chi connectivity index (χ1v) is 11.5. The number of carbonyl (C=O) groups is 1. The molecule has 0 aliphatic rings. The zero-order valence-corrected chi connectivity index (χ0v) is 18.8. The van der Waals surface area contributed by atoms with Gasteiger partial charge in [0.25, 0.3) is 5.91 Å². The monoisotopic (exact) mass is 478 g/mol. The summed E-state index contributed by atoms with van der Waals surface area (Å²) in [6, 6.07) is 19.4. The van der Waals surface area contributed by atoms with Crippen molar-refractivity contribution in [3.63, 3.8) is 0 Å². The van der Waals surface area contributed by atoms with E-state index < -0.39 is 15.9 Å². The van der Waals surface area contributed by atoms with Gasteiger partial charge in [0.1, 0.15) is 5.75 Å². The summed E-state index contributed by atoms with van der Waals surface area (Å²) in [6.45, 7) is 1.49. The summed E-state index contributed by atoms with van der Waals surface area (Å²) in [6.07, 6.45) is 0. The van der Waals surface area contributed by atoms with Gasteiger partial charge in [-0.1, -0.05) is 53.5 Å². The van der Waals surface area contributed by atoms with Crippen LogP contribution in [0.4, 0.5) is 5.69 Å². The Balaban J connectivity index is 1.58. The van der Waals surface area contributed by atoms with Gasteiger partial charge in [-0.2, -0.15) is 0 Å². The van der Waals surface area contributed by atoms with Crippen LogP contribution in [-0.2, 0) is 14.8 Å². The van der Waals surface area contributed by atoms with E-state index in [1.54, 1.807) is 19.1 Å². The summed E-state index contributed by atoms with van der Waals surface area (Å²) in [7, 11) is -3.72. The summed E-state index contributed by atoms with van der Waals surface area (Å²) in [5.74, 6) is -0.0818. The number of nitrogens with one attached hydrogen (secondary N) is 2. The van der Waals surface area contributed by atoms with Crippen LogP contribution in [0.5, 0.6) is 5.75 Å². The Morgan fingerprint density at radius 2 is 1.68 bits per heavy atom. The van der Waals surface area contributed by atoms with Gasteiger partial charge in [0.15, 0.2) is 6.61 Å². The van der Waals surface area contributed by atoms with Gasteiger partial charge in [-0.15, -0.1) is 0 Å². The number of hydrogen-bond donors (Lipinski definition) is 2. The molecule has 0 aliphatic carbocycles. The number of sulfonamides is 1. The van der Waals surface area contributed by atoms with E-state index >= 15 is 0 Å². The van der Waals surface area contributed by atoms with Crippen LogP contribution in [0.3, 0.4) is 0 Å². The van der Waals surface area contributed by atoms with Crippen LogP contribution < -0.4 is 14.8 Å². The Morgan fingerprint density at radius 1 is 1.00 bits per heavy atom. The molecule has 162 valence electrons. The molecule has 31 heavy (non-hydrogen) atoms. The Labute approximate surface area is 191 Å². The second-order valence-corrected chi connectivity index (χ2v) is 9.24. The predicted octanol–water partition coefficient (Wildman–Crippen LogP) is 5.05. The molecule has 0 aromatic heterocycles. The van der Waals surface area contributed by atoms with Crippen molar-refractivity contribution < 1.29 is 17.9 Å². The number of carbonyl (C=O) groups excluding carboxylic acids is 1. The molecule has 6 nitrogen and oxygen atoms in total. The molecule has 2 N–H and O–H groups in total. The van der Waals surface area contributed by atoms with Crippen molar-refractivity contribution in [3.8, 4) is 5.75 Å². The molecule has 0 unspecified atom stereocenters. The highest BCUT2D eigenvalue weighted by Crippen LogP contribution is 2.25. The van der Waals surface area contributed by atoms with Crippen LogP contribution in [0, 0.1) is 0 Å². The summed E-state index contributed by atoms with van der Waals surface area (Å²) in [5.41, 5.74) is 1.24. The van der Waals surface area contributed by atoms with E-state index in [2.05, 4.69) is 10.0 Å². The number of ether oxygens (including phenoxy) is 1. The lowest BCUT2D eigenvalue weighted by Crippen LogP contribution is -2.26. The van der Waals surface area contributed by atoms with Crippen molar-refractivity contribution in [3.05, 3.63) is 88.4 Å². The zero-order chi connectivity index (χ0) is 22.4. The molecule has 3 aromatic rings. The van der Waals surface area contributed by atoms with E-state index in [9.17, 15) is 13.2 Å². The minimum Gasteiger partial charge on any atom is -0.484 e. The molecule has 3 rings (SSSR count). The molecule has 0 spiro atoms. The van der Waals surface area contributed by atoms with Crippen molar-refractivity contribution in [1.82, 2.24) is 4.72 Å². The summed E-state index contributed by atoms with van der Waals surface area (Å²) >= 11 is 11.9. The average Bonchev–Trinajstić information content (AvgIpc) is 2.75. The van der Waals surface area contributed by atoms with Gasteiger partial charge in [0.2, 0.25) is 10.0 Å². The van der Waals surface area contributed by atoms with Crippen molar-refractivity contribution in [2.75, 3.05) is 11.9 Å². The average molecular weight is 479 g/mol. The van der Waals surface area contributed by atoms with Crippen LogP contribution in [0.15, 0.2) is 77.7 Å². The fraction of sp³-hybridized carbons (Fsp3) is 0.136. The number of amides is 1. The Hall–Kier alpha value is -2.58. The fourth-order valence-electron chi connectivity index (χ4n) is 2.75.